The Bertz CT molecular complexity index is 1400. The molecule has 1 unspecified atom stereocenters. The van der Waals surface area contributed by atoms with Crippen LogP contribution in [0.15, 0.2) is 77.6 Å². The molecule has 0 saturated heterocycles. The molecule has 0 N–H and O–H groups in total. The molecule has 35 heavy (non-hydrogen) atoms. The summed E-state index contributed by atoms with van der Waals surface area (Å²) >= 11 is 0. The van der Waals surface area contributed by atoms with Gasteiger partial charge in [0.05, 0.1) is 34.8 Å². The van der Waals surface area contributed by atoms with E-state index in [-0.39, 0.29) is 24.3 Å². The molecular weight excluding hydrogens is 452 g/mol. The minimum Gasteiger partial charge on any atom is -0.383 e. The quantitative estimate of drug-likeness (QED) is 0.362. The number of amides is 1. The fraction of sp³-hybridized carbons (Fsp3) is 0.222. The summed E-state index contributed by atoms with van der Waals surface area (Å²) in [4.78, 5) is 33.4. The predicted octanol–water partition coefficient (Wildman–Crippen LogP) is 4.90. The summed E-state index contributed by atoms with van der Waals surface area (Å²) in [5.74, 6) is -1.33. The number of hydrogen-bond acceptors (Lipinski definition) is 4. The van der Waals surface area contributed by atoms with Gasteiger partial charge in [0, 0.05) is 13.7 Å². The monoisotopic (exact) mass is 477 g/mol. The minimum absolute atomic E-state index is 0.0847. The molecule has 0 aliphatic heterocycles. The zero-order chi connectivity index (χ0) is 24.9. The SMILES string of the molecule is CCC(c1nc2ccccc2c(=O)n1-c1ccc(F)cc1)N(CCOC)C(=O)c1ccccc1F. The second-order valence-electron chi connectivity index (χ2n) is 8.00. The molecule has 0 radical (unpaired) electrons. The van der Waals surface area contributed by atoms with Crippen LogP contribution in [0.2, 0.25) is 0 Å². The molecule has 4 aromatic rings. The molecule has 6 nitrogen and oxygen atoms in total. The van der Waals surface area contributed by atoms with Crippen molar-refractivity contribution in [2.45, 2.75) is 19.4 Å². The van der Waals surface area contributed by atoms with Gasteiger partial charge >= 0.3 is 0 Å². The van der Waals surface area contributed by atoms with Crippen molar-refractivity contribution < 1.29 is 18.3 Å². The lowest BCUT2D eigenvalue weighted by atomic mass is 10.1. The number of carbonyl (C=O) groups is 1. The van der Waals surface area contributed by atoms with E-state index in [9.17, 15) is 18.4 Å². The summed E-state index contributed by atoms with van der Waals surface area (Å²) in [6, 6.07) is 17.5. The first-order chi connectivity index (χ1) is 17.0. The van der Waals surface area contributed by atoms with Gasteiger partial charge in [0.25, 0.3) is 11.5 Å². The Morgan fingerprint density at radius 2 is 1.71 bits per heavy atom. The van der Waals surface area contributed by atoms with E-state index in [0.717, 1.165) is 0 Å². The standard InChI is InChI=1S/C27H25F2N3O3/c1-3-24(31(16-17-35-2)26(33)20-8-4-6-10-22(20)29)25-30-23-11-7-5-9-21(23)27(34)32(25)19-14-12-18(28)13-15-19/h4-15,24H,3,16-17H2,1-2H3. The normalized spacial score (nSPS) is 12.0. The van der Waals surface area contributed by atoms with Gasteiger partial charge in [-0.25, -0.2) is 13.8 Å². The number of methoxy groups -OCH3 is 1. The third-order valence-electron chi connectivity index (χ3n) is 5.85. The predicted molar refractivity (Wildman–Crippen MR) is 130 cm³/mol. The number of rotatable bonds is 8. The Morgan fingerprint density at radius 3 is 2.40 bits per heavy atom. The molecule has 0 bridgehead atoms. The molecule has 0 fully saturated rings. The number of para-hydroxylation sites is 1. The minimum atomic E-state index is -0.695. The highest BCUT2D eigenvalue weighted by Gasteiger charge is 2.30. The highest BCUT2D eigenvalue weighted by molar-refractivity contribution is 5.94. The number of carbonyl (C=O) groups excluding carboxylic acids is 1. The Kier molecular flexibility index (Phi) is 7.31. The van der Waals surface area contributed by atoms with Crippen molar-refractivity contribution in [1.29, 1.82) is 0 Å². The molecule has 0 spiro atoms. The largest absolute Gasteiger partial charge is 0.383 e. The highest BCUT2D eigenvalue weighted by Crippen LogP contribution is 2.28. The molecule has 4 rings (SSSR count). The van der Waals surface area contributed by atoms with Crippen LogP contribution < -0.4 is 5.56 Å². The van der Waals surface area contributed by atoms with Crippen LogP contribution in [-0.2, 0) is 4.74 Å². The number of ether oxygens (including phenoxy) is 1. The Labute approximate surface area is 201 Å². The van der Waals surface area contributed by atoms with Crippen LogP contribution in [0.25, 0.3) is 16.6 Å². The Hall–Kier alpha value is -3.91. The van der Waals surface area contributed by atoms with Crippen molar-refractivity contribution in [2.24, 2.45) is 0 Å². The molecule has 0 saturated carbocycles. The van der Waals surface area contributed by atoms with E-state index in [0.29, 0.717) is 28.8 Å². The topological polar surface area (TPSA) is 64.4 Å². The van der Waals surface area contributed by atoms with Gasteiger partial charge in [-0.3, -0.25) is 14.2 Å². The van der Waals surface area contributed by atoms with Crippen LogP contribution in [0.5, 0.6) is 0 Å². The van der Waals surface area contributed by atoms with Gasteiger partial charge in [0.15, 0.2) is 0 Å². The van der Waals surface area contributed by atoms with Crippen molar-refractivity contribution in [3.05, 3.63) is 106 Å². The van der Waals surface area contributed by atoms with E-state index in [4.69, 9.17) is 9.72 Å². The Morgan fingerprint density at radius 1 is 1.03 bits per heavy atom. The molecule has 3 aromatic carbocycles. The summed E-state index contributed by atoms with van der Waals surface area (Å²) in [6.07, 6.45) is 0.385. The van der Waals surface area contributed by atoms with Crippen LogP contribution in [-0.4, -0.2) is 40.6 Å². The summed E-state index contributed by atoms with van der Waals surface area (Å²) in [5.41, 5.74) is 0.446. The van der Waals surface area contributed by atoms with Gasteiger partial charge in [0.1, 0.15) is 17.5 Å². The van der Waals surface area contributed by atoms with Gasteiger partial charge in [-0.05, 0) is 55.0 Å². The molecular formula is C27H25F2N3O3. The third-order valence-corrected chi connectivity index (χ3v) is 5.85. The van der Waals surface area contributed by atoms with E-state index < -0.39 is 23.6 Å². The van der Waals surface area contributed by atoms with Crippen LogP contribution in [0.3, 0.4) is 0 Å². The van der Waals surface area contributed by atoms with Crippen LogP contribution in [0, 0.1) is 11.6 Å². The van der Waals surface area contributed by atoms with Crippen molar-refractivity contribution in [3.8, 4) is 5.69 Å². The zero-order valence-corrected chi connectivity index (χ0v) is 19.4. The molecule has 8 heteroatoms. The molecule has 1 aromatic heterocycles. The summed E-state index contributed by atoms with van der Waals surface area (Å²) < 4.78 is 34.9. The maximum absolute atomic E-state index is 14.6. The molecule has 180 valence electrons. The van der Waals surface area contributed by atoms with Gasteiger partial charge in [-0.2, -0.15) is 0 Å². The van der Waals surface area contributed by atoms with Crippen molar-refractivity contribution in [3.63, 3.8) is 0 Å². The first-order valence-electron chi connectivity index (χ1n) is 11.3. The second-order valence-corrected chi connectivity index (χ2v) is 8.00. The maximum atomic E-state index is 14.6. The molecule has 1 atom stereocenters. The molecule has 0 aliphatic rings. The van der Waals surface area contributed by atoms with E-state index >= 15 is 0 Å². The van der Waals surface area contributed by atoms with E-state index in [2.05, 4.69) is 0 Å². The summed E-state index contributed by atoms with van der Waals surface area (Å²) in [7, 11) is 1.51. The Balaban J connectivity index is 1.95. The number of hydrogen-bond donors (Lipinski definition) is 0. The van der Waals surface area contributed by atoms with Gasteiger partial charge in [-0.1, -0.05) is 31.2 Å². The van der Waals surface area contributed by atoms with Gasteiger partial charge in [-0.15, -0.1) is 0 Å². The lowest BCUT2D eigenvalue weighted by molar-refractivity contribution is 0.0575. The van der Waals surface area contributed by atoms with Crippen LogP contribution in [0.4, 0.5) is 8.78 Å². The number of fused-ring (bicyclic) bond motifs is 1. The van der Waals surface area contributed by atoms with E-state index in [1.165, 1.54) is 59.0 Å². The number of benzene rings is 3. The fourth-order valence-electron chi connectivity index (χ4n) is 4.13. The summed E-state index contributed by atoms with van der Waals surface area (Å²) in [5, 5.41) is 0.388. The third kappa shape index (κ3) is 4.83. The molecule has 1 amide bonds. The van der Waals surface area contributed by atoms with Crippen LogP contribution in [0.1, 0.15) is 35.6 Å². The highest BCUT2D eigenvalue weighted by atomic mass is 19.1. The number of aromatic nitrogens is 2. The molecule has 0 aliphatic carbocycles. The zero-order valence-electron chi connectivity index (χ0n) is 19.4. The number of nitrogens with zero attached hydrogens (tertiary/aromatic N) is 3. The number of halogens is 2. The van der Waals surface area contributed by atoms with Gasteiger partial charge < -0.3 is 9.64 Å². The maximum Gasteiger partial charge on any atom is 0.266 e. The van der Waals surface area contributed by atoms with Crippen molar-refractivity contribution in [2.75, 3.05) is 20.3 Å². The smallest absolute Gasteiger partial charge is 0.266 e. The lowest BCUT2D eigenvalue weighted by Crippen LogP contribution is -2.40. The summed E-state index contributed by atoms with van der Waals surface area (Å²) in [6.45, 7) is 2.20. The fourth-order valence-corrected chi connectivity index (χ4v) is 4.13. The van der Waals surface area contributed by atoms with Crippen LogP contribution >= 0.6 is 0 Å². The molecule has 1 heterocycles. The first kappa shape index (κ1) is 24.2. The van der Waals surface area contributed by atoms with Crippen molar-refractivity contribution in [1.82, 2.24) is 14.5 Å². The lowest BCUT2D eigenvalue weighted by Gasteiger charge is -2.32. The van der Waals surface area contributed by atoms with E-state index in [1.807, 2.05) is 6.92 Å². The first-order valence-corrected chi connectivity index (χ1v) is 11.3. The van der Waals surface area contributed by atoms with Crippen molar-refractivity contribution >= 4 is 16.8 Å². The van der Waals surface area contributed by atoms with E-state index in [1.54, 1.807) is 30.3 Å². The average molecular weight is 478 g/mol. The van der Waals surface area contributed by atoms with Gasteiger partial charge in [0.2, 0.25) is 0 Å². The second kappa shape index (κ2) is 10.6. The average Bonchev–Trinajstić information content (AvgIpc) is 2.87.